The molecule has 1 aliphatic heterocycles. The Morgan fingerprint density at radius 2 is 1.16 bits per heavy atom. The van der Waals surface area contributed by atoms with Crippen LogP contribution in [0.4, 0.5) is 0 Å². The van der Waals surface area contributed by atoms with E-state index in [1.54, 1.807) is 0 Å². The van der Waals surface area contributed by atoms with Gasteiger partial charge in [0.15, 0.2) is 6.29 Å². The molecule has 0 aliphatic carbocycles. The van der Waals surface area contributed by atoms with Crippen molar-refractivity contribution < 1.29 is 50.0 Å². The van der Waals surface area contributed by atoms with Gasteiger partial charge in [-0.1, -0.05) is 135 Å². The normalized spacial score (nSPS) is 23.6. The maximum Gasteiger partial charge on any atom is 0.249 e. The van der Waals surface area contributed by atoms with Gasteiger partial charge in [-0.25, -0.2) is 0 Å². The van der Waals surface area contributed by atoms with E-state index in [4.69, 9.17) is 9.47 Å². The van der Waals surface area contributed by atoms with E-state index in [2.05, 4.69) is 31.3 Å². The molecule has 0 spiro atoms. The summed E-state index contributed by atoms with van der Waals surface area (Å²) in [5, 5.41) is 75.0. The second kappa shape index (κ2) is 30.3. The molecule has 11 heteroatoms. The molecule has 0 aromatic heterocycles. The van der Waals surface area contributed by atoms with E-state index in [0.29, 0.717) is 19.3 Å². The van der Waals surface area contributed by atoms with Gasteiger partial charge in [0.25, 0.3) is 0 Å². The van der Waals surface area contributed by atoms with Crippen LogP contribution < -0.4 is 5.32 Å². The van der Waals surface area contributed by atoms with E-state index in [1.807, 2.05) is 0 Å². The Morgan fingerprint density at radius 1 is 0.680 bits per heavy atom. The lowest BCUT2D eigenvalue weighted by Crippen LogP contribution is -2.60. The number of aliphatic hydroxyl groups excluding tert-OH is 7. The van der Waals surface area contributed by atoms with Gasteiger partial charge in [0.1, 0.15) is 36.6 Å². The van der Waals surface area contributed by atoms with Crippen LogP contribution in [-0.4, -0.2) is 110 Å². The zero-order valence-electron chi connectivity index (χ0n) is 31.4. The molecule has 0 aromatic rings. The first-order chi connectivity index (χ1) is 24.2. The Labute approximate surface area is 302 Å². The number of rotatable bonds is 32. The van der Waals surface area contributed by atoms with Crippen molar-refractivity contribution in [2.24, 2.45) is 0 Å². The standard InChI is InChI=1S/C39H75NO10/c1-3-5-7-9-11-12-13-14-15-16-17-18-19-21-23-25-27-32(43)38(48)40-30(34(44)31(42)26-24-22-20-10-8-6-4-2)29-49-39-37(47)36(46)35(45)33(28-41)50-39/h14-15,30-37,39,41-47H,3-13,16-29H2,1-2H3,(H,40,48)/b15-14-. The predicted octanol–water partition coefficient (Wildman–Crippen LogP) is 4.94. The Balaban J connectivity index is 2.49. The fraction of sp³-hybridized carbons (Fsp3) is 0.923. The van der Waals surface area contributed by atoms with Gasteiger partial charge in [0.2, 0.25) is 5.91 Å². The molecule has 8 N–H and O–H groups in total. The van der Waals surface area contributed by atoms with Crippen molar-refractivity contribution >= 4 is 5.91 Å². The zero-order chi connectivity index (χ0) is 37.0. The highest BCUT2D eigenvalue weighted by Crippen LogP contribution is 2.23. The summed E-state index contributed by atoms with van der Waals surface area (Å²) in [6, 6.07) is -1.16. The van der Waals surface area contributed by atoms with Gasteiger partial charge in [-0.2, -0.15) is 0 Å². The van der Waals surface area contributed by atoms with Crippen LogP contribution in [-0.2, 0) is 14.3 Å². The molecule has 1 heterocycles. The van der Waals surface area contributed by atoms with Crippen LogP contribution in [0, 0.1) is 0 Å². The van der Waals surface area contributed by atoms with Gasteiger partial charge in [0, 0.05) is 0 Å². The maximum atomic E-state index is 13.0. The van der Waals surface area contributed by atoms with E-state index in [0.717, 1.165) is 64.2 Å². The van der Waals surface area contributed by atoms with Crippen molar-refractivity contribution in [3.05, 3.63) is 12.2 Å². The van der Waals surface area contributed by atoms with Crippen LogP contribution in [0.25, 0.3) is 0 Å². The second-order valence-corrected chi connectivity index (χ2v) is 14.4. The van der Waals surface area contributed by atoms with E-state index in [-0.39, 0.29) is 6.42 Å². The third kappa shape index (κ3) is 20.8. The molecule has 296 valence electrons. The van der Waals surface area contributed by atoms with Crippen molar-refractivity contribution in [1.29, 1.82) is 0 Å². The summed E-state index contributed by atoms with van der Waals surface area (Å²) in [5.74, 6) is -0.706. The summed E-state index contributed by atoms with van der Waals surface area (Å²) in [6.45, 7) is 3.34. The van der Waals surface area contributed by atoms with E-state index in [1.165, 1.54) is 57.8 Å². The number of carbonyl (C=O) groups excluding carboxylic acids is 1. The monoisotopic (exact) mass is 718 g/mol. The summed E-state index contributed by atoms with van der Waals surface area (Å²) in [7, 11) is 0. The zero-order valence-corrected chi connectivity index (χ0v) is 31.4. The van der Waals surface area contributed by atoms with Gasteiger partial charge in [-0.15, -0.1) is 0 Å². The van der Waals surface area contributed by atoms with Gasteiger partial charge < -0.3 is 50.5 Å². The summed E-state index contributed by atoms with van der Waals surface area (Å²) in [6.07, 6.45) is 17.2. The fourth-order valence-electron chi connectivity index (χ4n) is 6.37. The van der Waals surface area contributed by atoms with Crippen LogP contribution >= 0.6 is 0 Å². The maximum absolute atomic E-state index is 13.0. The minimum absolute atomic E-state index is 0.254. The topological polar surface area (TPSA) is 189 Å². The molecule has 9 atom stereocenters. The van der Waals surface area contributed by atoms with Gasteiger partial charge >= 0.3 is 0 Å². The molecule has 1 amide bonds. The summed E-state index contributed by atoms with van der Waals surface area (Å²) in [5.41, 5.74) is 0. The Hall–Kier alpha value is -1.15. The summed E-state index contributed by atoms with van der Waals surface area (Å²) >= 11 is 0. The largest absolute Gasteiger partial charge is 0.394 e. The minimum atomic E-state index is -1.66. The number of nitrogens with one attached hydrogen (secondary N) is 1. The molecule has 0 radical (unpaired) electrons. The van der Waals surface area contributed by atoms with Crippen molar-refractivity contribution in [2.75, 3.05) is 13.2 Å². The van der Waals surface area contributed by atoms with E-state index in [9.17, 15) is 40.5 Å². The van der Waals surface area contributed by atoms with Crippen LogP contribution in [0.5, 0.6) is 0 Å². The SMILES string of the molecule is CCCCCCCC/C=C\CCCCCCCCC(O)C(=O)NC(COC1OC(CO)C(O)C(O)C1O)C(O)C(O)CCCCCCCCC. The highest BCUT2D eigenvalue weighted by molar-refractivity contribution is 5.80. The Bertz CT molecular complexity index is 831. The molecule has 1 saturated heterocycles. The first-order valence-electron chi connectivity index (χ1n) is 20.1. The van der Waals surface area contributed by atoms with Crippen LogP contribution in [0.2, 0.25) is 0 Å². The van der Waals surface area contributed by atoms with Crippen LogP contribution in [0.1, 0.15) is 162 Å². The lowest BCUT2D eigenvalue weighted by atomic mass is 9.98. The predicted molar refractivity (Wildman–Crippen MR) is 196 cm³/mol. The molecule has 11 nitrogen and oxygen atoms in total. The lowest BCUT2D eigenvalue weighted by Gasteiger charge is -2.40. The quantitative estimate of drug-likeness (QED) is 0.0350. The van der Waals surface area contributed by atoms with Crippen molar-refractivity contribution in [3.63, 3.8) is 0 Å². The number of carbonyl (C=O) groups is 1. The molecule has 0 aromatic carbocycles. The average Bonchev–Trinajstić information content (AvgIpc) is 3.11. The molecule has 50 heavy (non-hydrogen) atoms. The Morgan fingerprint density at radius 3 is 1.68 bits per heavy atom. The highest BCUT2D eigenvalue weighted by atomic mass is 16.7. The summed E-state index contributed by atoms with van der Waals surface area (Å²) < 4.78 is 11.0. The van der Waals surface area contributed by atoms with Gasteiger partial charge in [-0.05, 0) is 38.5 Å². The Kier molecular flexibility index (Phi) is 28.4. The molecule has 0 saturated carbocycles. The van der Waals surface area contributed by atoms with E-state index < -0.39 is 74.2 Å². The van der Waals surface area contributed by atoms with Gasteiger partial charge in [0.05, 0.1) is 25.4 Å². The third-order valence-corrected chi connectivity index (χ3v) is 9.82. The summed E-state index contributed by atoms with van der Waals surface area (Å²) in [4.78, 5) is 13.0. The molecule has 1 rings (SSSR count). The number of amides is 1. The molecule has 0 bridgehead atoms. The molecular weight excluding hydrogens is 642 g/mol. The van der Waals surface area contributed by atoms with Crippen LogP contribution in [0.3, 0.4) is 0 Å². The minimum Gasteiger partial charge on any atom is -0.394 e. The number of hydrogen-bond acceptors (Lipinski definition) is 10. The first-order valence-corrected chi connectivity index (χ1v) is 20.1. The third-order valence-electron chi connectivity index (χ3n) is 9.82. The second-order valence-electron chi connectivity index (χ2n) is 14.4. The number of allylic oxidation sites excluding steroid dienone is 2. The molecular formula is C39H75NO10. The number of hydrogen-bond donors (Lipinski definition) is 8. The first kappa shape index (κ1) is 46.9. The van der Waals surface area contributed by atoms with Crippen LogP contribution in [0.15, 0.2) is 12.2 Å². The number of ether oxygens (including phenoxy) is 2. The van der Waals surface area contributed by atoms with Gasteiger partial charge in [-0.3, -0.25) is 4.79 Å². The molecule has 9 unspecified atom stereocenters. The number of unbranched alkanes of at least 4 members (excludes halogenated alkanes) is 18. The van der Waals surface area contributed by atoms with Crippen molar-refractivity contribution in [2.45, 2.75) is 217 Å². The smallest absolute Gasteiger partial charge is 0.249 e. The van der Waals surface area contributed by atoms with E-state index >= 15 is 0 Å². The highest BCUT2D eigenvalue weighted by Gasteiger charge is 2.44. The molecule has 1 fully saturated rings. The molecule has 1 aliphatic rings. The van der Waals surface area contributed by atoms with Crippen molar-refractivity contribution in [3.8, 4) is 0 Å². The lowest BCUT2D eigenvalue weighted by molar-refractivity contribution is -0.303. The fourth-order valence-corrected chi connectivity index (χ4v) is 6.37. The van der Waals surface area contributed by atoms with Crippen molar-refractivity contribution in [1.82, 2.24) is 5.32 Å². The number of aliphatic hydroxyl groups is 7. The average molecular weight is 718 g/mol.